The van der Waals surface area contributed by atoms with E-state index in [0.717, 1.165) is 11.1 Å². The van der Waals surface area contributed by atoms with Crippen LogP contribution in [0.25, 0.3) is 0 Å². The van der Waals surface area contributed by atoms with Gasteiger partial charge in [-0.05, 0) is 36.8 Å². The first-order valence-electron chi connectivity index (χ1n) is 13.9. The number of carbonyl (C=O) groups is 3. The van der Waals surface area contributed by atoms with Crippen LogP contribution >= 0.6 is 7.75 Å². The van der Waals surface area contributed by atoms with Gasteiger partial charge >= 0.3 is 26.0 Å². The first-order chi connectivity index (χ1) is 21.2. The predicted molar refractivity (Wildman–Crippen MR) is 159 cm³/mol. The fraction of sp³-hybridized carbons (Fsp3) is 0.448. The van der Waals surface area contributed by atoms with Crippen LogP contribution in [0.2, 0.25) is 0 Å². The van der Waals surface area contributed by atoms with Gasteiger partial charge in [0.1, 0.15) is 19.8 Å². The molecule has 0 unspecified atom stereocenters. The fourth-order valence-electron chi connectivity index (χ4n) is 3.23. The van der Waals surface area contributed by atoms with Gasteiger partial charge in [0, 0.05) is 7.05 Å². The van der Waals surface area contributed by atoms with Crippen molar-refractivity contribution in [3.63, 3.8) is 0 Å². The summed E-state index contributed by atoms with van der Waals surface area (Å²) in [6, 6.07) is 18.4. The Hall–Kier alpha value is -4.13. The number of rotatable bonds is 19. The summed E-state index contributed by atoms with van der Waals surface area (Å²) in [5.41, 5.74) is 7.58. The first kappa shape index (κ1) is 36.1. The molecule has 2 aromatic rings. The van der Waals surface area contributed by atoms with E-state index in [0.29, 0.717) is 25.7 Å². The molecule has 2 rings (SSSR count). The van der Waals surface area contributed by atoms with Crippen molar-refractivity contribution in [1.29, 1.82) is 0 Å². The van der Waals surface area contributed by atoms with Crippen molar-refractivity contribution < 1.29 is 51.7 Å². The molecule has 15 heteroatoms. The van der Waals surface area contributed by atoms with E-state index >= 15 is 0 Å². The Balaban J connectivity index is 1.74. The van der Waals surface area contributed by atoms with Crippen molar-refractivity contribution in [1.82, 2.24) is 4.90 Å². The molecule has 0 saturated carbocycles. The van der Waals surface area contributed by atoms with E-state index in [-0.39, 0.29) is 52.1 Å². The zero-order valence-electron chi connectivity index (χ0n) is 25.0. The highest BCUT2D eigenvalue weighted by molar-refractivity contribution is 7.52. The second kappa shape index (κ2) is 20.7. The van der Waals surface area contributed by atoms with Crippen LogP contribution in [0.1, 0.15) is 36.8 Å². The van der Waals surface area contributed by atoms with Crippen molar-refractivity contribution in [3.8, 4) is 0 Å². The van der Waals surface area contributed by atoms with Gasteiger partial charge in [-0.25, -0.2) is 14.2 Å². The zero-order valence-corrected chi connectivity index (χ0v) is 25.9. The van der Waals surface area contributed by atoms with Gasteiger partial charge < -0.3 is 34.3 Å². The number of guanidine groups is 1. The fourth-order valence-corrected chi connectivity index (χ4v) is 4.54. The lowest BCUT2D eigenvalue weighted by Crippen LogP contribution is -2.38. The van der Waals surface area contributed by atoms with Gasteiger partial charge in [0.15, 0.2) is 0 Å². The van der Waals surface area contributed by atoms with Crippen LogP contribution in [0.5, 0.6) is 0 Å². The number of esters is 1. The number of ether oxygens (including phenoxy) is 5. The molecule has 0 fully saturated rings. The van der Waals surface area contributed by atoms with Crippen molar-refractivity contribution in [3.05, 3.63) is 71.8 Å². The van der Waals surface area contributed by atoms with Crippen molar-refractivity contribution in [2.45, 2.75) is 38.9 Å². The lowest BCUT2D eigenvalue weighted by molar-refractivity contribution is -0.140. The highest BCUT2D eigenvalue weighted by Gasteiger charge is 2.26. The Labute approximate surface area is 256 Å². The quantitative estimate of drug-likeness (QED) is 0.0555. The monoisotopic (exact) mass is 637 g/mol. The van der Waals surface area contributed by atoms with Crippen molar-refractivity contribution in [2.75, 3.05) is 47.1 Å². The average molecular weight is 638 g/mol. The number of unbranched alkanes of at least 4 members (excludes halogenated alkanes) is 2. The maximum absolute atomic E-state index is 13.3. The van der Waals surface area contributed by atoms with E-state index in [1.807, 2.05) is 60.7 Å². The average Bonchev–Trinajstić information content (AvgIpc) is 3.03. The molecule has 2 aromatic carbocycles. The summed E-state index contributed by atoms with van der Waals surface area (Å²) < 4.78 is 52.9. The van der Waals surface area contributed by atoms with Gasteiger partial charge in [-0.3, -0.25) is 13.8 Å². The molecule has 2 N–H and O–H groups in total. The third-order valence-electron chi connectivity index (χ3n) is 5.64. The summed E-state index contributed by atoms with van der Waals surface area (Å²) in [6.45, 7) is -0.0238. The van der Waals surface area contributed by atoms with Gasteiger partial charge in [-0.2, -0.15) is 0 Å². The number of benzene rings is 2. The molecule has 44 heavy (non-hydrogen) atoms. The van der Waals surface area contributed by atoms with Crippen LogP contribution in [-0.2, 0) is 55.3 Å². The standard InChI is InChI=1S/C29H40N3O11P/c1-32(21-26(33)37-2)27(30)31-44(36,42-19-11-9-17-38-28(34)40-22-24-13-5-3-6-14-24)43-20-12-10-18-39-29(35)41-23-25-15-7-4-8-16-25/h3-8,13-16H,9-12,17-23H2,1-2H3,(H2,30,31,36). The van der Waals surface area contributed by atoms with E-state index < -0.39 is 26.0 Å². The zero-order chi connectivity index (χ0) is 32.0. The van der Waals surface area contributed by atoms with Crippen molar-refractivity contribution >= 4 is 32.0 Å². The number of hydrogen-bond donors (Lipinski definition) is 1. The Bertz CT molecular complexity index is 1140. The number of methoxy groups -OCH3 is 1. The van der Waals surface area contributed by atoms with Crippen LogP contribution in [0.15, 0.2) is 65.4 Å². The molecule has 0 bridgehead atoms. The predicted octanol–water partition coefficient (Wildman–Crippen LogP) is 4.81. The van der Waals surface area contributed by atoms with Gasteiger partial charge in [0.2, 0.25) is 5.96 Å². The Kier molecular flexibility index (Phi) is 17.0. The molecule has 0 aliphatic carbocycles. The van der Waals surface area contributed by atoms with Crippen LogP contribution in [0, 0.1) is 0 Å². The van der Waals surface area contributed by atoms with Gasteiger partial charge in [0.25, 0.3) is 0 Å². The van der Waals surface area contributed by atoms with E-state index in [1.165, 1.54) is 19.1 Å². The smallest absolute Gasteiger partial charge is 0.468 e. The van der Waals surface area contributed by atoms with Crippen LogP contribution in [0.4, 0.5) is 9.59 Å². The molecule has 0 atom stereocenters. The van der Waals surface area contributed by atoms with E-state index in [2.05, 4.69) is 9.50 Å². The molecule has 0 aliphatic heterocycles. The Morgan fingerprint density at radius 2 is 1.16 bits per heavy atom. The number of likely N-dealkylation sites (N-methyl/N-ethyl adjacent to an activating group) is 1. The molecule has 0 spiro atoms. The summed E-state index contributed by atoms with van der Waals surface area (Å²) >= 11 is 0. The third-order valence-corrected chi connectivity index (χ3v) is 7.10. The number of nitrogens with two attached hydrogens (primary N) is 1. The lowest BCUT2D eigenvalue weighted by Gasteiger charge is -2.19. The first-order valence-corrected chi connectivity index (χ1v) is 15.4. The largest absolute Gasteiger partial charge is 0.508 e. The minimum Gasteiger partial charge on any atom is -0.468 e. The van der Waals surface area contributed by atoms with Gasteiger partial charge in [-0.1, -0.05) is 60.7 Å². The molecule has 0 aliphatic rings. The summed E-state index contributed by atoms with van der Waals surface area (Å²) in [5.74, 6) is -0.834. The molecule has 14 nitrogen and oxygen atoms in total. The maximum Gasteiger partial charge on any atom is 0.508 e. The minimum atomic E-state index is -4.10. The minimum absolute atomic E-state index is 0.0481. The SMILES string of the molecule is COC(=O)CN(C)/C(N)=N\P(=O)(OCCCCOC(=O)OCc1ccccc1)OCCCCOC(=O)OCc1ccccc1. The molecule has 0 saturated heterocycles. The van der Waals surface area contributed by atoms with Gasteiger partial charge in [0.05, 0.1) is 33.5 Å². The molecular weight excluding hydrogens is 597 g/mol. The summed E-state index contributed by atoms with van der Waals surface area (Å²) in [5, 5.41) is 0. The van der Waals surface area contributed by atoms with Crippen molar-refractivity contribution in [2.24, 2.45) is 10.5 Å². The Morgan fingerprint density at radius 1 is 0.727 bits per heavy atom. The number of nitrogens with zero attached hydrogens (tertiary/aromatic N) is 2. The summed E-state index contributed by atoms with van der Waals surface area (Å²) in [4.78, 5) is 36.3. The molecule has 0 aromatic heterocycles. The molecule has 242 valence electrons. The highest BCUT2D eigenvalue weighted by Crippen LogP contribution is 2.50. The maximum atomic E-state index is 13.3. The summed E-state index contributed by atoms with van der Waals surface area (Å²) in [6.07, 6.45) is -0.122. The number of carbonyl (C=O) groups excluding carboxylic acids is 3. The second-order valence-corrected chi connectivity index (χ2v) is 10.8. The second-order valence-electron chi connectivity index (χ2n) is 9.19. The lowest BCUT2D eigenvalue weighted by atomic mass is 10.2. The molecule has 0 amide bonds. The number of hydrogen-bond acceptors (Lipinski definition) is 11. The Morgan fingerprint density at radius 3 is 1.59 bits per heavy atom. The van der Waals surface area contributed by atoms with Crippen LogP contribution in [0.3, 0.4) is 0 Å². The topological polar surface area (TPSA) is 175 Å². The van der Waals surface area contributed by atoms with Gasteiger partial charge in [-0.15, -0.1) is 4.76 Å². The van der Waals surface area contributed by atoms with Crippen LogP contribution in [-0.4, -0.2) is 76.3 Å². The van der Waals surface area contributed by atoms with Crippen LogP contribution < -0.4 is 5.73 Å². The van der Waals surface area contributed by atoms with E-state index in [9.17, 15) is 18.9 Å². The normalized spacial score (nSPS) is 11.4. The van der Waals surface area contributed by atoms with E-state index in [1.54, 1.807) is 0 Å². The molecule has 0 heterocycles. The molecular formula is C29H40N3O11P. The highest BCUT2D eigenvalue weighted by atomic mass is 31.2. The van der Waals surface area contributed by atoms with E-state index in [4.69, 9.17) is 33.7 Å². The third kappa shape index (κ3) is 15.9. The molecule has 0 radical (unpaired) electrons. The summed E-state index contributed by atoms with van der Waals surface area (Å²) in [7, 11) is -1.42.